The summed E-state index contributed by atoms with van der Waals surface area (Å²) in [5.74, 6) is 0.419. The van der Waals surface area contributed by atoms with Gasteiger partial charge in [-0.25, -0.2) is 0 Å². The van der Waals surface area contributed by atoms with Gasteiger partial charge < -0.3 is 15.9 Å². The van der Waals surface area contributed by atoms with Gasteiger partial charge >= 0.3 is 0 Å². The molecule has 0 aliphatic heterocycles. The predicted molar refractivity (Wildman–Crippen MR) is 72.8 cm³/mol. The molecule has 1 aromatic carbocycles. The maximum absolute atomic E-state index is 9.88. The second-order valence-corrected chi connectivity index (χ2v) is 4.86. The molecule has 1 aromatic rings. The van der Waals surface area contributed by atoms with Crippen LogP contribution in [0.2, 0.25) is 5.02 Å². The van der Waals surface area contributed by atoms with Crippen LogP contribution >= 0.6 is 24.0 Å². The largest absolute Gasteiger partial charge is 0.508 e. The molecule has 0 spiro atoms. The fourth-order valence-corrected chi connectivity index (χ4v) is 1.81. The smallest absolute Gasteiger partial charge is 0.120 e. The molecule has 17 heavy (non-hydrogen) atoms. The van der Waals surface area contributed by atoms with Gasteiger partial charge in [-0.2, -0.15) is 0 Å². The Balaban J connectivity index is 0.00000256. The SMILES string of the molecule is CC(C)C[C@H](O)[C@H](N)c1cc(Cl)ccc1O.Cl. The van der Waals surface area contributed by atoms with E-state index in [9.17, 15) is 10.2 Å². The lowest BCUT2D eigenvalue weighted by Gasteiger charge is -2.21. The fraction of sp³-hybridized carbons (Fsp3) is 0.500. The van der Waals surface area contributed by atoms with Crippen LogP contribution in [0.5, 0.6) is 5.75 Å². The van der Waals surface area contributed by atoms with Crippen LogP contribution in [0.1, 0.15) is 31.9 Å². The zero-order valence-electron chi connectivity index (χ0n) is 9.93. The van der Waals surface area contributed by atoms with Crippen LogP contribution in [0.3, 0.4) is 0 Å². The lowest BCUT2D eigenvalue weighted by atomic mass is 9.95. The maximum Gasteiger partial charge on any atom is 0.120 e. The quantitative estimate of drug-likeness (QED) is 0.794. The summed E-state index contributed by atoms with van der Waals surface area (Å²) >= 11 is 5.82. The van der Waals surface area contributed by atoms with E-state index in [0.29, 0.717) is 22.9 Å². The molecule has 0 unspecified atom stereocenters. The average molecular weight is 280 g/mol. The highest BCUT2D eigenvalue weighted by molar-refractivity contribution is 6.30. The topological polar surface area (TPSA) is 66.5 Å². The zero-order chi connectivity index (χ0) is 12.3. The standard InChI is InChI=1S/C12H18ClNO2.ClH/c1-7(2)5-11(16)12(14)9-6-8(13)3-4-10(9)15;/h3-4,6-7,11-12,15-16H,5,14H2,1-2H3;1H/t11-,12+;/m0./s1. The van der Waals surface area contributed by atoms with Crippen molar-refractivity contribution in [3.8, 4) is 5.75 Å². The monoisotopic (exact) mass is 279 g/mol. The number of halogens is 2. The number of nitrogens with two attached hydrogens (primary N) is 1. The van der Waals surface area contributed by atoms with Gasteiger partial charge in [0.05, 0.1) is 12.1 Å². The summed E-state index contributed by atoms with van der Waals surface area (Å²) in [4.78, 5) is 0. The number of aromatic hydroxyl groups is 1. The number of phenolic OH excluding ortho intramolecular Hbond substituents is 1. The van der Waals surface area contributed by atoms with E-state index in [4.69, 9.17) is 17.3 Å². The molecular formula is C12H19Cl2NO2. The molecule has 0 fully saturated rings. The van der Waals surface area contributed by atoms with Crippen molar-refractivity contribution in [2.75, 3.05) is 0 Å². The number of aliphatic hydroxyl groups excluding tert-OH is 1. The number of aliphatic hydroxyl groups is 1. The van der Waals surface area contributed by atoms with Gasteiger partial charge in [0.15, 0.2) is 0 Å². The van der Waals surface area contributed by atoms with Crippen molar-refractivity contribution in [2.24, 2.45) is 11.7 Å². The molecule has 4 N–H and O–H groups in total. The normalized spacial score (nSPS) is 14.2. The third-order valence-corrected chi connectivity index (χ3v) is 2.71. The fourth-order valence-electron chi connectivity index (χ4n) is 1.63. The van der Waals surface area contributed by atoms with Crippen LogP contribution in [-0.4, -0.2) is 16.3 Å². The lowest BCUT2D eigenvalue weighted by molar-refractivity contribution is 0.120. The Morgan fingerprint density at radius 1 is 1.35 bits per heavy atom. The highest BCUT2D eigenvalue weighted by atomic mass is 35.5. The van der Waals surface area contributed by atoms with Crippen LogP contribution in [0.25, 0.3) is 0 Å². The van der Waals surface area contributed by atoms with Crippen molar-refractivity contribution in [1.29, 1.82) is 0 Å². The molecular weight excluding hydrogens is 261 g/mol. The summed E-state index contributed by atoms with van der Waals surface area (Å²) < 4.78 is 0. The van der Waals surface area contributed by atoms with Crippen molar-refractivity contribution >= 4 is 24.0 Å². The molecule has 0 heterocycles. The predicted octanol–water partition coefficient (Wildman–Crippen LogP) is 2.87. The van der Waals surface area contributed by atoms with Crippen molar-refractivity contribution in [2.45, 2.75) is 32.4 Å². The van der Waals surface area contributed by atoms with Crippen LogP contribution in [0.15, 0.2) is 18.2 Å². The number of benzene rings is 1. The third-order valence-electron chi connectivity index (χ3n) is 2.48. The average Bonchev–Trinajstić information content (AvgIpc) is 2.19. The molecule has 98 valence electrons. The summed E-state index contributed by atoms with van der Waals surface area (Å²) in [7, 11) is 0. The molecule has 0 saturated heterocycles. The summed E-state index contributed by atoms with van der Waals surface area (Å²) in [5.41, 5.74) is 6.37. The van der Waals surface area contributed by atoms with Gasteiger partial charge in [0.1, 0.15) is 5.75 Å². The van der Waals surface area contributed by atoms with E-state index in [1.165, 1.54) is 6.07 Å². The number of hydrogen-bond donors (Lipinski definition) is 3. The number of rotatable bonds is 4. The Labute approximate surface area is 113 Å². The number of phenols is 1. The van der Waals surface area contributed by atoms with E-state index in [0.717, 1.165) is 0 Å². The van der Waals surface area contributed by atoms with Crippen molar-refractivity contribution in [1.82, 2.24) is 0 Å². The van der Waals surface area contributed by atoms with Crippen LogP contribution in [-0.2, 0) is 0 Å². The molecule has 0 bridgehead atoms. The summed E-state index contributed by atoms with van der Waals surface area (Å²) in [6.45, 7) is 4.02. The Morgan fingerprint density at radius 2 is 1.94 bits per heavy atom. The molecule has 3 nitrogen and oxygen atoms in total. The highest BCUT2D eigenvalue weighted by Crippen LogP contribution is 2.29. The molecule has 1 rings (SSSR count). The van der Waals surface area contributed by atoms with E-state index in [2.05, 4.69) is 0 Å². The van der Waals surface area contributed by atoms with Gasteiger partial charge in [0.25, 0.3) is 0 Å². The Bertz CT molecular complexity index is 358. The molecule has 0 radical (unpaired) electrons. The first-order chi connectivity index (χ1) is 7.41. The second-order valence-electron chi connectivity index (χ2n) is 4.43. The van der Waals surface area contributed by atoms with E-state index in [-0.39, 0.29) is 18.2 Å². The van der Waals surface area contributed by atoms with Crippen LogP contribution < -0.4 is 5.73 Å². The van der Waals surface area contributed by atoms with Crippen LogP contribution in [0, 0.1) is 5.92 Å². The van der Waals surface area contributed by atoms with Gasteiger partial charge in [-0.3, -0.25) is 0 Å². The number of hydrogen-bond acceptors (Lipinski definition) is 3. The molecule has 0 aliphatic carbocycles. The zero-order valence-corrected chi connectivity index (χ0v) is 11.5. The van der Waals surface area contributed by atoms with Gasteiger partial charge in [-0.1, -0.05) is 25.4 Å². The lowest BCUT2D eigenvalue weighted by Crippen LogP contribution is -2.27. The third kappa shape index (κ3) is 4.72. The molecule has 0 aliphatic rings. The Hall–Kier alpha value is -0.480. The highest BCUT2D eigenvalue weighted by Gasteiger charge is 2.20. The molecule has 0 aromatic heterocycles. The van der Waals surface area contributed by atoms with Crippen molar-refractivity contribution in [3.05, 3.63) is 28.8 Å². The molecule has 0 saturated carbocycles. The second kappa shape index (κ2) is 7.07. The molecule has 0 amide bonds. The van der Waals surface area contributed by atoms with Crippen molar-refractivity contribution < 1.29 is 10.2 Å². The first-order valence-corrected chi connectivity index (χ1v) is 5.71. The maximum atomic E-state index is 9.88. The van der Waals surface area contributed by atoms with Gasteiger partial charge in [-0.05, 0) is 30.5 Å². The van der Waals surface area contributed by atoms with E-state index in [1.807, 2.05) is 13.8 Å². The minimum absolute atomic E-state index is 0. The summed E-state index contributed by atoms with van der Waals surface area (Å²) in [6, 6.07) is 4.05. The first kappa shape index (κ1) is 16.5. The first-order valence-electron chi connectivity index (χ1n) is 5.34. The minimum Gasteiger partial charge on any atom is -0.508 e. The van der Waals surface area contributed by atoms with Gasteiger partial charge in [0, 0.05) is 10.6 Å². The van der Waals surface area contributed by atoms with Gasteiger partial charge in [0.2, 0.25) is 0 Å². The Morgan fingerprint density at radius 3 is 2.47 bits per heavy atom. The Kier molecular flexibility index (Phi) is 6.87. The van der Waals surface area contributed by atoms with E-state index < -0.39 is 12.1 Å². The summed E-state index contributed by atoms with van der Waals surface area (Å²) in [5, 5.41) is 20.0. The van der Waals surface area contributed by atoms with E-state index >= 15 is 0 Å². The molecule has 5 heteroatoms. The van der Waals surface area contributed by atoms with Crippen LogP contribution in [0.4, 0.5) is 0 Å². The van der Waals surface area contributed by atoms with Crippen molar-refractivity contribution in [3.63, 3.8) is 0 Å². The summed E-state index contributed by atoms with van der Waals surface area (Å²) in [6.07, 6.45) is -0.0861. The minimum atomic E-state index is -0.677. The van der Waals surface area contributed by atoms with Gasteiger partial charge in [-0.15, -0.1) is 12.4 Å². The van der Waals surface area contributed by atoms with E-state index in [1.54, 1.807) is 12.1 Å². The molecule has 2 atom stereocenters.